The lowest BCUT2D eigenvalue weighted by Crippen LogP contribution is -1.98. The number of thioether (sulfide) groups is 1. The highest BCUT2D eigenvalue weighted by Gasteiger charge is 2.10. The van der Waals surface area contributed by atoms with Crippen molar-refractivity contribution in [2.75, 3.05) is 5.75 Å². The molecule has 1 aliphatic rings. The zero-order valence-corrected chi connectivity index (χ0v) is 7.47. The van der Waals surface area contributed by atoms with Crippen LogP contribution in [0.5, 0.6) is 0 Å². The van der Waals surface area contributed by atoms with Crippen molar-refractivity contribution in [2.24, 2.45) is 4.99 Å². The highest BCUT2D eigenvalue weighted by molar-refractivity contribution is 8.04. The molecular weight excluding hydrogens is 166 g/mol. The molecule has 0 aliphatic carbocycles. The fourth-order valence-electron chi connectivity index (χ4n) is 1.15. The van der Waals surface area contributed by atoms with Crippen LogP contribution in [0.4, 0.5) is 0 Å². The molecule has 0 radical (unpaired) electrons. The second-order valence-corrected chi connectivity index (χ2v) is 3.66. The summed E-state index contributed by atoms with van der Waals surface area (Å²) in [5.74, 6) is 0.961. The number of nitrogens with zero attached hydrogens (tertiary/aromatic N) is 1. The van der Waals surface area contributed by atoms with Crippen molar-refractivity contribution in [1.82, 2.24) is 0 Å². The van der Waals surface area contributed by atoms with E-state index in [4.69, 9.17) is 0 Å². The standard InChI is InChI=1S/C10H9NS/c1-8-11-10(7-12-8)9-5-3-2-4-6-9/h2-6H,1,7H2. The van der Waals surface area contributed by atoms with Crippen LogP contribution in [0.25, 0.3) is 0 Å². The summed E-state index contributed by atoms with van der Waals surface area (Å²) in [5.41, 5.74) is 2.36. The molecule has 2 heteroatoms. The molecule has 0 fully saturated rings. The molecule has 1 aromatic carbocycles. The second-order valence-electron chi connectivity index (χ2n) is 2.61. The predicted octanol–water partition coefficient (Wildman–Crippen LogP) is 2.69. The van der Waals surface area contributed by atoms with E-state index in [1.807, 2.05) is 18.2 Å². The van der Waals surface area contributed by atoms with Gasteiger partial charge in [-0.3, -0.25) is 0 Å². The molecule has 12 heavy (non-hydrogen) atoms. The minimum Gasteiger partial charge on any atom is -0.246 e. The third-order valence-electron chi connectivity index (χ3n) is 1.74. The van der Waals surface area contributed by atoms with Crippen LogP contribution in [-0.4, -0.2) is 11.5 Å². The number of rotatable bonds is 1. The molecule has 0 amide bonds. The van der Waals surface area contributed by atoms with Crippen LogP contribution in [0.1, 0.15) is 5.56 Å². The molecule has 1 aliphatic heterocycles. The molecule has 1 nitrogen and oxygen atoms in total. The quantitative estimate of drug-likeness (QED) is 0.639. The summed E-state index contributed by atoms with van der Waals surface area (Å²) in [6.07, 6.45) is 0. The van der Waals surface area contributed by atoms with E-state index in [0.29, 0.717) is 0 Å². The Morgan fingerprint density at radius 3 is 2.58 bits per heavy atom. The highest BCUT2D eigenvalue weighted by Crippen LogP contribution is 2.24. The zero-order chi connectivity index (χ0) is 8.39. The van der Waals surface area contributed by atoms with Crippen molar-refractivity contribution >= 4 is 17.5 Å². The van der Waals surface area contributed by atoms with E-state index < -0.39 is 0 Å². The van der Waals surface area contributed by atoms with Gasteiger partial charge >= 0.3 is 0 Å². The number of benzene rings is 1. The normalized spacial score (nSPS) is 16.3. The third kappa shape index (κ3) is 1.43. The Labute approximate surface area is 76.2 Å². The molecule has 0 saturated heterocycles. The molecule has 2 rings (SSSR count). The van der Waals surface area contributed by atoms with Crippen LogP contribution < -0.4 is 0 Å². The van der Waals surface area contributed by atoms with E-state index in [1.165, 1.54) is 5.56 Å². The van der Waals surface area contributed by atoms with Gasteiger partial charge in [0.2, 0.25) is 0 Å². The molecule has 0 N–H and O–H groups in total. The predicted molar refractivity (Wildman–Crippen MR) is 54.6 cm³/mol. The number of hydrogen-bond donors (Lipinski definition) is 0. The summed E-state index contributed by atoms with van der Waals surface area (Å²) in [6.45, 7) is 3.81. The summed E-state index contributed by atoms with van der Waals surface area (Å²) < 4.78 is 0. The number of hydrogen-bond acceptors (Lipinski definition) is 2. The molecule has 0 spiro atoms. The molecular formula is C10H9NS. The van der Waals surface area contributed by atoms with Gasteiger partial charge in [-0.25, -0.2) is 4.99 Å². The van der Waals surface area contributed by atoms with Crippen LogP contribution in [0.3, 0.4) is 0 Å². The maximum atomic E-state index is 4.34. The average Bonchev–Trinajstić information content (AvgIpc) is 2.54. The molecule has 0 bridgehead atoms. The van der Waals surface area contributed by atoms with E-state index in [0.717, 1.165) is 16.5 Å². The van der Waals surface area contributed by atoms with Gasteiger partial charge in [0.05, 0.1) is 10.7 Å². The van der Waals surface area contributed by atoms with Gasteiger partial charge < -0.3 is 0 Å². The van der Waals surface area contributed by atoms with Crippen molar-refractivity contribution in [2.45, 2.75) is 0 Å². The maximum Gasteiger partial charge on any atom is 0.0895 e. The van der Waals surface area contributed by atoms with E-state index >= 15 is 0 Å². The Hall–Kier alpha value is -1.02. The first-order valence-corrected chi connectivity index (χ1v) is 4.79. The van der Waals surface area contributed by atoms with Gasteiger partial charge in [0.25, 0.3) is 0 Å². The summed E-state index contributed by atoms with van der Waals surface area (Å²) in [4.78, 5) is 4.34. The Kier molecular flexibility index (Phi) is 2.00. The first-order chi connectivity index (χ1) is 5.86. The largest absolute Gasteiger partial charge is 0.246 e. The third-order valence-corrected chi connectivity index (χ3v) is 2.58. The Morgan fingerprint density at radius 1 is 1.25 bits per heavy atom. The summed E-state index contributed by atoms with van der Waals surface area (Å²) in [7, 11) is 0. The van der Waals surface area contributed by atoms with E-state index in [-0.39, 0.29) is 0 Å². The molecule has 0 atom stereocenters. The van der Waals surface area contributed by atoms with Gasteiger partial charge in [-0.1, -0.05) is 36.9 Å². The lowest BCUT2D eigenvalue weighted by atomic mass is 10.1. The van der Waals surface area contributed by atoms with Gasteiger partial charge in [0.1, 0.15) is 0 Å². The Bertz CT molecular complexity index is 327. The van der Waals surface area contributed by atoms with Crippen LogP contribution in [-0.2, 0) is 0 Å². The van der Waals surface area contributed by atoms with Gasteiger partial charge in [-0.2, -0.15) is 0 Å². The summed E-state index contributed by atoms with van der Waals surface area (Å²) in [6, 6.07) is 10.2. The van der Waals surface area contributed by atoms with Crippen molar-refractivity contribution in [3.05, 3.63) is 47.5 Å². The van der Waals surface area contributed by atoms with Crippen molar-refractivity contribution in [3.8, 4) is 0 Å². The molecule has 1 aromatic rings. The lowest BCUT2D eigenvalue weighted by Gasteiger charge is -1.96. The fraction of sp³-hybridized carbons (Fsp3) is 0.100. The van der Waals surface area contributed by atoms with Gasteiger partial charge in [-0.05, 0) is 5.56 Å². The highest BCUT2D eigenvalue weighted by atomic mass is 32.2. The minimum atomic E-state index is 0.925. The Morgan fingerprint density at radius 2 is 2.00 bits per heavy atom. The van der Waals surface area contributed by atoms with Crippen LogP contribution in [0.15, 0.2) is 46.9 Å². The lowest BCUT2D eigenvalue weighted by molar-refractivity contribution is 1.52. The summed E-state index contributed by atoms with van der Waals surface area (Å²) >= 11 is 1.70. The van der Waals surface area contributed by atoms with Crippen LogP contribution in [0, 0.1) is 0 Å². The fourth-order valence-corrected chi connectivity index (χ4v) is 1.85. The molecule has 60 valence electrons. The number of aliphatic imine (C=N–C) groups is 1. The average molecular weight is 175 g/mol. The van der Waals surface area contributed by atoms with Crippen LogP contribution >= 0.6 is 11.8 Å². The molecule has 1 heterocycles. The topological polar surface area (TPSA) is 12.4 Å². The van der Waals surface area contributed by atoms with Gasteiger partial charge in [0.15, 0.2) is 0 Å². The zero-order valence-electron chi connectivity index (χ0n) is 6.66. The van der Waals surface area contributed by atoms with Crippen molar-refractivity contribution in [1.29, 1.82) is 0 Å². The minimum absolute atomic E-state index is 0.925. The maximum absolute atomic E-state index is 4.34. The van der Waals surface area contributed by atoms with E-state index in [9.17, 15) is 0 Å². The SMILES string of the molecule is C=C1N=C(c2ccccc2)CS1. The smallest absolute Gasteiger partial charge is 0.0895 e. The van der Waals surface area contributed by atoms with Gasteiger partial charge in [0, 0.05) is 5.75 Å². The monoisotopic (exact) mass is 175 g/mol. The van der Waals surface area contributed by atoms with E-state index in [1.54, 1.807) is 11.8 Å². The summed E-state index contributed by atoms with van der Waals surface area (Å²) in [5, 5.41) is 0.925. The molecule has 0 unspecified atom stereocenters. The van der Waals surface area contributed by atoms with Crippen molar-refractivity contribution < 1.29 is 0 Å². The molecule has 0 aromatic heterocycles. The van der Waals surface area contributed by atoms with Gasteiger partial charge in [-0.15, -0.1) is 11.8 Å². The first-order valence-electron chi connectivity index (χ1n) is 3.81. The Balaban J connectivity index is 2.33. The van der Waals surface area contributed by atoms with Crippen molar-refractivity contribution in [3.63, 3.8) is 0 Å². The second kappa shape index (κ2) is 3.15. The van der Waals surface area contributed by atoms with E-state index in [2.05, 4.69) is 23.7 Å². The van der Waals surface area contributed by atoms with Crippen LogP contribution in [0.2, 0.25) is 0 Å². The molecule has 0 saturated carbocycles. The first kappa shape index (κ1) is 7.62.